The lowest BCUT2D eigenvalue weighted by Crippen LogP contribution is -2.50. The summed E-state index contributed by atoms with van der Waals surface area (Å²) in [7, 11) is 1.68. The Morgan fingerprint density at radius 2 is 2.00 bits per heavy atom. The Morgan fingerprint density at radius 1 is 1.25 bits per heavy atom. The molecule has 10 heteroatoms. The predicted molar refractivity (Wildman–Crippen MR) is 138 cm³/mol. The van der Waals surface area contributed by atoms with Crippen molar-refractivity contribution in [3.05, 3.63) is 11.6 Å². The maximum absolute atomic E-state index is 5.58. The fraction of sp³-hybridized carbons (Fsp3) is 0.864. The number of ether oxygens (including phenoxy) is 2. The number of aryl methyl sites for hydroxylation is 1. The predicted octanol–water partition coefficient (Wildman–Crippen LogP) is 2.05. The third kappa shape index (κ3) is 7.53. The molecule has 2 unspecified atom stereocenters. The van der Waals surface area contributed by atoms with Crippen LogP contribution in [0.5, 0.6) is 0 Å². The second kappa shape index (κ2) is 14.3. The SMILES string of the molecule is CCNC(=NCC(C(CC)CC)N1CCOCC1)NC1CCc2nc(COC)nn2C1.I. The summed E-state index contributed by atoms with van der Waals surface area (Å²) in [4.78, 5) is 12.2. The molecule has 2 aliphatic heterocycles. The fourth-order valence-corrected chi connectivity index (χ4v) is 4.67. The van der Waals surface area contributed by atoms with E-state index in [-0.39, 0.29) is 30.0 Å². The molecule has 32 heavy (non-hydrogen) atoms. The van der Waals surface area contributed by atoms with Gasteiger partial charge in [-0.1, -0.05) is 26.7 Å². The highest BCUT2D eigenvalue weighted by Gasteiger charge is 2.27. The van der Waals surface area contributed by atoms with Gasteiger partial charge < -0.3 is 20.1 Å². The van der Waals surface area contributed by atoms with Crippen LogP contribution in [-0.4, -0.2) is 84.2 Å². The van der Waals surface area contributed by atoms with Crippen LogP contribution in [0.4, 0.5) is 0 Å². The van der Waals surface area contributed by atoms with Gasteiger partial charge in [-0.3, -0.25) is 9.89 Å². The summed E-state index contributed by atoms with van der Waals surface area (Å²) in [5.41, 5.74) is 0. The number of hydrogen-bond acceptors (Lipinski definition) is 6. The first kappa shape index (κ1) is 27.3. The van der Waals surface area contributed by atoms with Crippen LogP contribution in [0.2, 0.25) is 0 Å². The highest BCUT2D eigenvalue weighted by atomic mass is 127. The first-order valence-electron chi connectivity index (χ1n) is 12.0. The van der Waals surface area contributed by atoms with E-state index < -0.39 is 0 Å². The van der Waals surface area contributed by atoms with E-state index in [1.54, 1.807) is 7.11 Å². The highest BCUT2D eigenvalue weighted by Crippen LogP contribution is 2.20. The summed E-state index contributed by atoms with van der Waals surface area (Å²) < 4.78 is 12.8. The van der Waals surface area contributed by atoms with E-state index in [1.165, 1.54) is 12.8 Å². The molecule has 0 spiro atoms. The van der Waals surface area contributed by atoms with Gasteiger partial charge in [0.25, 0.3) is 0 Å². The van der Waals surface area contributed by atoms with Gasteiger partial charge in [-0.05, 0) is 19.3 Å². The minimum atomic E-state index is 0. The van der Waals surface area contributed by atoms with Gasteiger partial charge in [0.1, 0.15) is 12.4 Å². The molecule has 9 nitrogen and oxygen atoms in total. The Hall–Kier alpha value is -0.980. The van der Waals surface area contributed by atoms with Crippen LogP contribution in [0.15, 0.2) is 4.99 Å². The Morgan fingerprint density at radius 3 is 2.66 bits per heavy atom. The van der Waals surface area contributed by atoms with Gasteiger partial charge in [0.05, 0.1) is 26.3 Å². The van der Waals surface area contributed by atoms with Gasteiger partial charge in [-0.25, -0.2) is 9.67 Å². The Kier molecular flexibility index (Phi) is 12.2. The van der Waals surface area contributed by atoms with Crippen molar-refractivity contribution in [3.63, 3.8) is 0 Å². The largest absolute Gasteiger partial charge is 0.379 e. The third-order valence-electron chi connectivity index (χ3n) is 6.40. The Balaban J connectivity index is 0.00000363. The van der Waals surface area contributed by atoms with Crippen LogP contribution in [-0.2, 0) is 29.0 Å². The van der Waals surface area contributed by atoms with E-state index in [9.17, 15) is 0 Å². The smallest absolute Gasteiger partial charge is 0.191 e. The number of fused-ring (bicyclic) bond motifs is 1. The highest BCUT2D eigenvalue weighted by molar-refractivity contribution is 14.0. The van der Waals surface area contributed by atoms with Crippen molar-refractivity contribution in [2.45, 2.75) is 71.7 Å². The molecule has 1 aromatic heterocycles. The number of aliphatic imine (C=N–C) groups is 1. The van der Waals surface area contributed by atoms with E-state index in [0.717, 1.165) is 76.4 Å². The molecule has 0 bridgehead atoms. The van der Waals surface area contributed by atoms with Gasteiger partial charge >= 0.3 is 0 Å². The zero-order chi connectivity index (χ0) is 22.1. The maximum Gasteiger partial charge on any atom is 0.191 e. The normalized spacial score (nSPS) is 20.5. The number of rotatable bonds is 10. The molecule has 0 amide bonds. The van der Waals surface area contributed by atoms with Gasteiger partial charge in [-0.15, -0.1) is 24.0 Å². The van der Waals surface area contributed by atoms with E-state index >= 15 is 0 Å². The number of nitrogens with one attached hydrogen (secondary N) is 2. The molecule has 3 rings (SSSR count). The van der Waals surface area contributed by atoms with Crippen molar-refractivity contribution >= 4 is 29.9 Å². The molecule has 0 saturated carbocycles. The lowest BCUT2D eigenvalue weighted by atomic mass is 9.92. The summed E-state index contributed by atoms with van der Waals surface area (Å²) >= 11 is 0. The van der Waals surface area contributed by atoms with Crippen molar-refractivity contribution in [3.8, 4) is 0 Å². The standard InChI is InChI=1S/C22H41N7O2.HI/c1-5-17(6-2)19(28-10-12-31-13-11-28)14-24-22(23-7-3)25-18-8-9-21-26-20(16-30-4)27-29(21)15-18;/h17-19H,5-16H2,1-4H3,(H2,23,24,25);1H. The molecule has 1 aromatic rings. The molecular weight excluding hydrogens is 521 g/mol. The number of nitrogens with zero attached hydrogens (tertiary/aromatic N) is 5. The first-order chi connectivity index (χ1) is 15.2. The number of guanidine groups is 1. The topological polar surface area (TPSA) is 88.8 Å². The summed E-state index contributed by atoms with van der Waals surface area (Å²) in [5, 5.41) is 11.7. The number of aromatic nitrogens is 3. The number of morpholine rings is 1. The summed E-state index contributed by atoms with van der Waals surface area (Å²) in [6.07, 6.45) is 4.30. The van der Waals surface area contributed by atoms with E-state index in [4.69, 9.17) is 14.5 Å². The molecule has 2 atom stereocenters. The lowest BCUT2D eigenvalue weighted by molar-refractivity contribution is 0.00395. The van der Waals surface area contributed by atoms with Gasteiger partial charge in [0.2, 0.25) is 0 Å². The molecule has 3 heterocycles. The molecule has 0 aromatic carbocycles. The van der Waals surface area contributed by atoms with E-state index in [1.807, 2.05) is 4.68 Å². The molecule has 0 radical (unpaired) electrons. The van der Waals surface area contributed by atoms with Crippen molar-refractivity contribution < 1.29 is 9.47 Å². The molecular formula is C22H42IN7O2. The minimum Gasteiger partial charge on any atom is -0.379 e. The minimum absolute atomic E-state index is 0. The van der Waals surface area contributed by atoms with E-state index in [0.29, 0.717) is 18.6 Å². The monoisotopic (exact) mass is 563 g/mol. The molecule has 1 fully saturated rings. The van der Waals surface area contributed by atoms with Crippen LogP contribution < -0.4 is 10.6 Å². The Bertz CT molecular complexity index is 690. The Labute approximate surface area is 210 Å². The van der Waals surface area contributed by atoms with Crippen molar-refractivity contribution in [2.24, 2.45) is 10.9 Å². The molecule has 2 aliphatic rings. The molecule has 184 valence electrons. The molecule has 2 N–H and O–H groups in total. The van der Waals surface area contributed by atoms with Crippen molar-refractivity contribution in [1.82, 2.24) is 30.3 Å². The second-order valence-electron chi connectivity index (χ2n) is 8.45. The number of hydrogen-bond donors (Lipinski definition) is 2. The average Bonchev–Trinajstić information content (AvgIpc) is 3.19. The zero-order valence-electron chi connectivity index (χ0n) is 20.2. The van der Waals surface area contributed by atoms with Gasteiger partial charge in [-0.2, -0.15) is 5.10 Å². The average molecular weight is 564 g/mol. The van der Waals surface area contributed by atoms with Crippen LogP contribution in [0.3, 0.4) is 0 Å². The van der Waals surface area contributed by atoms with Gasteiger partial charge in [0.15, 0.2) is 11.8 Å². The van der Waals surface area contributed by atoms with Gasteiger partial charge in [0, 0.05) is 45.2 Å². The van der Waals surface area contributed by atoms with E-state index in [2.05, 4.69) is 46.4 Å². The van der Waals surface area contributed by atoms with Crippen LogP contribution >= 0.6 is 24.0 Å². The van der Waals surface area contributed by atoms with Crippen LogP contribution in [0, 0.1) is 5.92 Å². The number of halogens is 1. The summed E-state index contributed by atoms with van der Waals surface area (Å²) in [6, 6.07) is 0.747. The molecule has 0 aliphatic carbocycles. The maximum atomic E-state index is 5.58. The first-order valence-corrected chi connectivity index (χ1v) is 12.0. The fourth-order valence-electron chi connectivity index (χ4n) is 4.67. The lowest BCUT2D eigenvalue weighted by Gasteiger charge is -2.38. The second-order valence-corrected chi connectivity index (χ2v) is 8.45. The van der Waals surface area contributed by atoms with Crippen molar-refractivity contribution in [2.75, 3.05) is 46.5 Å². The quantitative estimate of drug-likeness (QED) is 0.256. The van der Waals surface area contributed by atoms with Crippen LogP contribution in [0.1, 0.15) is 51.7 Å². The molecule has 1 saturated heterocycles. The van der Waals surface area contributed by atoms with Crippen molar-refractivity contribution in [1.29, 1.82) is 0 Å². The zero-order valence-corrected chi connectivity index (χ0v) is 22.5. The number of methoxy groups -OCH3 is 1. The third-order valence-corrected chi connectivity index (χ3v) is 6.40. The van der Waals surface area contributed by atoms with Crippen LogP contribution in [0.25, 0.3) is 0 Å². The summed E-state index contributed by atoms with van der Waals surface area (Å²) in [6.45, 7) is 13.3. The summed E-state index contributed by atoms with van der Waals surface area (Å²) in [5.74, 6) is 3.36.